The quantitative estimate of drug-likeness (QED) is 0.880. The smallest absolute Gasteiger partial charge is 0.140 e. The first kappa shape index (κ1) is 19.6. The lowest BCUT2D eigenvalue weighted by Crippen LogP contribution is -2.35. The van der Waals surface area contributed by atoms with Gasteiger partial charge in [-0.3, -0.25) is 0 Å². The summed E-state index contributed by atoms with van der Waals surface area (Å²) in [6, 6.07) is 6.19. The monoisotopic (exact) mass is 310 g/mol. The fourth-order valence-electron chi connectivity index (χ4n) is 1.75. The molecule has 0 unspecified atom stereocenters. The predicted molar refractivity (Wildman–Crippen MR) is 80.2 cm³/mol. The molecule has 1 aromatic rings. The van der Waals surface area contributed by atoms with Gasteiger partial charge >= 0.3 is 0 Å². The summed E-state index contributed by atoms with van der Waals surface area (Å²) in [5.74, 6) is 0. The fourth-order valence-corrected chi connectivity index (χ4v) is 1.75. The third-order valence-corrected chi connectivity index (χ3v) is 2.59. The van der Waals surface area contributed by atoms with Crippen molar-refractivity contribution >= 4 is 42.9 Å². The Balaban J connectivity index is 0. The Hall–Kier alpha value is -0.730. The molecule has 1 saturated heterocycles. The van der Waals surface area contributed by atoms with E-state index in [1.165, 1.54) is 0 Å². The molecule has 2 rings (SSSR count). The highest BCUT2D eigenvalue weighted by Crippen LogP contribution is 2.12. The molecule has 2 N–H and O–H groups in total. The number of nitrogens with zero attached hydrogens (tertiary/aromatic N) is 2. The van der Waals surface area contributed by atoms with Crippen molar-refractivity contribution in [3.63, 3.8) is 0 Å². The number of nitrogens with one attached hydrogen (secondary N) is 2. The molecule has 0 amide bonds. The Bertz CT molecular complexity index is 358. The average molecular weight is 312 g/mol. The minimum atomic E-state index is 0. The van der Waals surface area contributed by atoms with E-state index in [1.54, 1.807) is 12.3 Å². The minimum Gasteiger partial charge on any atom is -0.381 e. The second-order valence-electron chi connectivity index (χ2n) is 3.71. The number of anilines is 1. The van der Waals surface area contributed by atoms with Gasteiger partial charge in [0, 0.05) is 6.04 Å². The van der Waals surface area contributed by atoms with Gasteiger partial charge in [0.1, 0.15) is 11.8 Å². The maximum absolute atomic E-state index is 8.61. The van der Waals surface area contributed by atoms with E-state index in [-0.39, 0.29) is 37.2 Å². The lowest BCUT2D eigenvalue weighted by atomic mass is 10.1. The van der Waals surface area contributed by atoms with Crippen molar-refractivity contribution in [1.82, 2.24) is 10.3 Å². The molecule has 0 radical (unpaired) electrons. The molecule has 102 valence electrons. The summed E-state index contributed by atoms with van der Waals surface area (Å²) in [6.45, 7) is 2.14. The first-order valence-electron chi connectivity index (χ1n) is 5.22. The Morgan fingerprint density at radius 2 is 1.89 bits per heavy atom. The van der Waals surface area contributed by atoms with Gasteiger partial charge in [0.05, 0.1) is 11.9 Å². The molecule has 4 nitrogen and oxygen atoms in total. The maximum atomic E-state index is 8.61. The van der Waals surface area contributed by atoms with Crippen molar-refractivity contribution in [3.8, 4) is 6.07 Å². The lowest BCUT2D eigenvalue weighted by Gasteiger charge is -2.24. The Labute approximate surface area is 126 Å². The van der Waals surface area contributed by atoms with Crippen LogP contribution in [0.5, 0.6) is 0 Å². The molecule has 0 aliphatic carbocycles. The third-order valence-electron chi connectivity index (χ3n) is 2.59. The van der Waals surface area contributed by atoms with Crippen LogP contribution in [0.3, 0.4) is 0 Å². The zero-order valence-electron chi connectivity index (χ0n) is 9.76. The summed E-state index contributed by atoms with van der Waals surface area (Å²) >= 11 is 0. The largest absolute Gasteiger partial charge is 0.381 e. The topological polar surface area (TPSA) is 60.7 Å². The summed E-state index contributed by atoms with van der Waals surface area (Å²) < 4.78 is 0. The van der Waals surface area contributed by atoms with Crippen molar-refractivity contribution in [1.29, 1.82) is 5.26 Å². The summed E-state index contributed by atoms with van der Waals surface area (Å²) in [6.07, 6.45) is 4.00. The second-order valence-corrected chi connectivity index (χ2v) is 3.71. The lowest BCUT2D eigenvalue weighted by molar-refractivity contribution is 0.479. The van der Waals surface area contributed by atoms with Gasteiger partial charge in [-0.2, -0.15) is 5.26 Å². The van der Waals surface area contributed by atoms with Crippen LogP contribution in [0.1, 0.15) is 18.5 Å². The number of rotatable bonds is 2. The molecule has 0 bridgehead atoms. The SMILES string of the molecule is Cl.Cl.Cl.N#Cc1ccc(NC2CCNCC2)cn1. The minimum absolute atomic E-state index is 0. The van der Waals surface area contributed by atoms with Crippen LogP contribution in [0.25, 0.3) is 0 Å². The van der Waals surface area contributed by atoms with Crippen LogP contribution in [0, 0.1) is 11.3 Å². The summed E-state index contributed by atoms with van der Waals surface area (Å²) in [4.78, 5) is 4.02. The van der Waals surface area contributed by atoms with Gasteiger partial charge in [0.15, 0.2) is 0 Å². The van der Waals surface area contributed by atoms with Crippen molar-refractivity contribution in [3.05, 3.63) is 24.0 Å². The van der Waals surface area contributed by atoms with E-state index in [9.17, 15) is 0 Å². The number of nitriles is 1. The van der Waals surface area contributed by atoms with Gasteiger partial charge in [-0.1, -0.05) is 0 Å². The van der Waals surface area contributed by atoms with Gasteiger partial charge in [-0.25, -0.2) is 4.98 Å². The molecular formula is C11H17Cl3N4. The molecule has 1 aliphatic heterocycles. The van der Waals surface area contributed by atoms with Gasteiger partial charge in [0.2, 0.25) is 0 Å². The molecule has 1 fully saturated rings. The highest BCUT2D eigenvalue weighted by molar-refractivity contribution is 5.86. The summed E-state index contributed by atoms with van der Waals surface area (Å²) in [5.41, 5.74) is 1.46. The molecule has 0 atom stereocenters. The van der Waals surface area contributed by atoms with Crippen LogP contribution in [0.2, 0.25) is 0 Å². The molecule has 1 aliphatic rings. The number of halogens is 3. The molecular weight excluding hydrogens is 295 g/mol. The van der Waals surface area contributed by atoms with Crippen LogP contribution in [-0.2, 0) is 0 Å². The van der Waals surface area contributed by atoms with Crippen LogP contribution in [0.4, 0.5) is 5.69 Å². The van der Waals surface area contributed by atoms with Crippen LogP contribution in [-0.4, -0.2) is 24.1 Å². The van der Waals surface area contributed by atoms with Gasteiger partial charge in [0.25, 0.3) is 0 Å². The third kappa shape index (κ3) is 5.74. The van der Waals surface area contributed by atoms with Gasteiger partial charge in [-0.15, -0.1) is 37.2 Å². The highest BCUT2D eigenvalue weighted by Gasteiger charge is 2.12. The van der Waals surface area contributed by atoms with Gasteiger partial charge < -0.3 is 10.6 Å². The Morgan fingerprint density at radius 1 is 1.22 bits per heavy atom. The van der Waals surface area contributed by atoms with E-state index in [4.69, 9.17) is 5.26 Å². The average Bonchev–Trinajstić information content (AvgIpc) is 2.31. The van der Waals surface area contributed by atoms with E-state index in [2.05, 4.69) is 15.6 Å². The van der Waals surface area contributed by atoms with Crippen LogP contribution in [0.15, 0.2) is 18.3 Å². The van der Waals surface area contributed by atoms with E-state index in [0.717, 1.165) is 31.6 Å². The van der Waals surface area contributed by atoms with Crippen LogP contribution >= 0.6 is 37.2 Å². The molecule has 7 heteroatoms. The molecule has 0 saturated carbocycles. The molecule has 2 heterocycles. The number of aromatic nitrogens is 1. The Morgan fingerprint density at radius 3 is 2.39 bits per heavy atom. The van der Waals surface area contributed by atoms with Gasteiger partial charge in [-0.05, 0) is 38.1 Å². The second kappa shape index (κ2) is 10.2. The van der Waals surface area contributed by atoms with E-state index >= 15 is 0 Å². The first-order valence-corrected chi connectivity index (χ1v) is 5.22. The normalized spacial score (nSPS) is 14.2. The maximum Gasteiger partial charge on any atom is 0.140 e. The van der Waals surface area contributed by atoms with E-state index < -0.39 is 0 Å². The number of piperidine rings is 1. The molecule has 0 aromatic carbocycles. The first-order chi connectivity index (χ1) is 7.38. The predicted octanol–water partition coefficient (Wildman–Crippen LogP) is 2.38. The van der Waals surface area contributed by atoms with E-state index in [0.29, 0.717) is 11.7 Å². The molecule has 0 spiro atoms. The number of hydrogen-bond acceptors (Lipinski definition) is 4. The van der Waals surface area contributed by atoms with Crippen molar-refractivity contribution < 1.29 is 0 Å². The van der Waals surface area contributed by atoms with Crippen molar-refractivity contribution in [2.75, 3.05) is 18.4 Å². The van der Waals surface area contributed by atoms with Crippen LogP contribution < -0.4 is 10.6 Å². The molecule has 1 aromatic heterocycles. The zero-order valence-corrected chi connectivity index (χ0v) is 12.2. The highest BCUT2D eigenvalue weighted by atomic mass is 35.5. The summed E-state index contributed by atoms with van der Waals surface area (Å²) in [7, 11) is 0. The number of hydrogen-bond donors (Lipinski definition) is 2. The van der Waals surface area contributed by atoms with Crippen molar-refractivity contribution in [2.45, 2.75) is 18.9 Å². The Kier molecular flexibility index (Phi) is 11.1. The standard InChI is InChI=1S/C11H14N4.3ClH/c12-7-10-1-2-11(8-14-10)15-9-3-5-13-6-4-9;;;/h1-2,8-9,13,15H,3-6H2;3*1H. The van der Waals surface area contributed by atoms with E-state index in [1.807, 2.05) is 12.1 Å². The zero-order chi connectivity index (χ0) is 10.5. The summed E-state index contributed by atoms with van der Waals surface area (Å²) in [5, 5.41) is 15.3. The fraction of sp³-hybridized carbons (Fsp3) is 0.455. The molecule has 18 heavy (non-hydrogen) atoms. The number of pyridine rings is 1. The van der Waals surface area contributed by atoms with Crippen molar-refractivity contribution in [2.24, 2.45) is 0 Å².